The molecule has 1 aliphatic rings. The maximum atomic E-state index is 12.9. The fourth-order valence-corrected chi connectivity index (χ4v) is 6.65. The number of sulfonamides is 1. The van der Waals surface area contributed by atoms with Gasteiger partial charge in [-0.2, -0.15) is 4.31 Å². The number of halogens is 1. The van der Waals surface area contributed by atoms with Crippen LogP contribution in [-0.4, -0.2) is 79.2 Å². The molecule has 1 heterocycles. The molecule has 140 valence electrons. The van der Waals surface area contributed by atoms with E-state index in [0.717, 1.165) is 18.2 Å². The molecule has 25 heavy (non-hydrogen) atoms. The molecule has 9 nitrogen and oxygen atoms in total. The molecule has 1 fully saturated rings. The van der Waals surface area contributed by atoms with Crippen LogP contribution in [0.4, 0.5) is 0 Å². The fraction of sp³-hybridized carbons (Fsp3) is 0.462. The molecule has 0 bridgehead atoms. The first kappa shape index (κ1) is 20.1. The van der Waals surface area contributed by atoms with Crippen LogP contribution in [0.3, 0.4) is 0 Å². The van der Waals surface area contributed by atoms with Gasteiger partial charge in [0.1, 0.15) is 4.90 Å². The molecule has 3 N–H and O–H groups in total. The average molecular weight is 414 g/mol. The Morgan fingerprint density at radius 1 is 1.32 bits per heavy atom. The second-order valence-corrected chi connectivity index (χ2v) is 9.92. The van der Waals surface area contributed by atoms with E-state index in [2.05, 4.69) is 0 Å². The Kier molecular flexibility index (Phi) is 5.76. The lowest BCUT2D eigenvalue weighted by molar-refractivity contribution is 0.0696. The summed E-state index contributed by atoms with van der Waals surface area (Å²) in [6, 6.07) is 1.76. The summed E-state index contributed by atoms with van der Waals surface area (Å²) in [5, 5.41) is 27.9. The monoisotopic (exact) mass is 413 g/mol. The number of sulfone groups is 1. The third-order valence-electron chi connectivity index (χ3n) is 3.75. The van der Waals surface area contributed by atoms with Gasteiger partial charge in [-0.25, -0.2) is 21.6 Å². The van der Waals surface area contributed by atoms with Crippen LogP contribution in [-0.2, 0) is 19.9 Å². The molecular weight excluding hydrogens is 398 g/mol. The molecule has 0 saturated carbocycles. The van der Waals surface area contributed by atoms with E-state index in [4.69, 9.17) is 16.7 Å². The van der Waals surface area contributed by atoms with Gasteiger partial charge in [-0.1, -0.05) is 11.6 Å². The SMILES string of the molecule is O=C(O)c1ccc(Cl)c(S(=O)(=O)N(CCO)[C@H]2CS(=O)(=O)C[C@@H]2O)c1. The van der Waals surface area contributed by atoms with E-state index >= 15 is 0 Å². The van der Waals surface area contributed by atoms with E-state index < -0.39 is 67.5 Å². The number of hydrogen-bond donors (Lipinski definition) is 3. The lowest BCUT2D eigenvalue weighted by Gasteiger charge is -2.29. The van der Waals surface area contributed by atoms with Gasteiger partial charge in [0.2, 0.25) is 10.0 Å². The molecule has 1 aromatic carbocycles. The Hall–Kier alpha value is -1.24. The van der Waals surface area contributed by atoms with E-state index in [9.17, 15) is 31.8 Å². The second-order valence-electron chi connectivity index (χ2n) is 5.50. The summed E-state index contributed by atoms with van der Waals surface area (Å²) in [6.45, 7) is -1.11. The quantitative estimate of drug-likeness (QED) is 0.547. The van der Waals surface area contributed by atoms with E-state index in [0.29, 0.717) is 4.31 Å². The third kappa shape index (κ3) is 4.13. The summed E-state index contributed by atoms with van der Waals surface area (Å²) in [4.78, 5) is 10.5. The van der Waals surface area contributed by atoms with E-state index in [-0.39, 0.29) is 10.6 Å². The molecule has 2 rings (SSSR count). The number of hydrogen-bond acceptors (Lipinski definition) is 7. The first-order valence-corrected chi connectivity index (χ1v) is 10.7. The number of aromatic carboxylic acids is 1. The Bertz CT molecular complexity index is 883. The summed E-state index contributed by atoms with van der Waals surface area (Å²) in [5.41, 5.74) is -0.327. The number of carboxylic acids is 1. The van der Waals surface area contributed by atoms with Crippen molar-refractivity contribution in [3.05, 3.63) is 28.8 Å². The maximum absolute atomic E-state index is 12.9. The van der Waals surface area contributed by atoms with Crippen molar-refractivity contribution in [2.24, 2.45) is 0 Å². The molecule has 0 aliphatic carbocycles. The normalized spacial score (nSPS) is 23.0. The Morgan fingerprint density at radius 2 is 1.96 bits per heavy atom. The van der Waals surface area contributed by atoms with Gasteiger partial charge in [0.25, 0.3) is 0 Å². The summed E-state index contributed by atoms with van der Waals surface area (Å²) >= 11 is 5.89. The van der Waals surface area contributed by atoms with Gasteiger partial charge in [-0.05, 0) is 18.2 Å². The number of aliphatic hydroxyl groups is 2. The Morgan fingerprint density at radius 3 is 2.44 bits per heavy atom. The van der Waals surface area contributed by atoms with Crippen molar-refractivity contribution >= 4 is 37.4 Å². The minimum atomic E-state index is -4.46. The first-order chi connectivity index (χ1) is 11.5. The van der Waals surface area contributed by atoms with Crippen molar-refractivity contribution in [3.63, 3.8) is 0 Å². The van der Waals surface area contributed by atoms with Crippen LogP contribution < -0.4 is 0 Å². The molecule has 1 aliphatic heterocycles. The minimum Gasteiger partial charge on any atom is -0.478 e. The third-order valence-corrected chi connectivity index (χ3v) is 7.85. The zero-order valence-electron chi connectivity index (χ0n) is 12.7. The largest absolute Gasteiger partial charge is 0.478 e. The van der Waals surface area contributed by atoms with Gasteiger partial charge in [-0.3, -0.25) is 0 Å². The van der Waals surface area contributed by atoms with Gasteiger partial charge in [0, 0.05) is 6.54 Å². The Balaban J connectivity index is 2.54. The van der Waals surface area contributed by atoms with Gasteiger partial charge in [0.05, 0.1) is 40.8 Å². The van der Waals surface area contributed by atoms with Crippen molar-refractivity contribution in [1.82, 2.24) is 4.31 Å². The van der Waals surface area contributed by atoms with E-state index in [1.165, 1.54) is 0 Å². The average Bonchev–Trinajstić information content (AvgIpc) is 2.77. The molecule has 0 aromatic heterocycles. The van der Waals surface area contributed by atoms with Crippen molar-refractivity contribution in [3.8, 4) is 0 Å². The van der Waals surface area contributed by atoms with Crippen LogP contribution in [0, 0.1) is 0 Å². The zero-order valence-corrected chi connectivity index (χ0v) is 15.1. The van der Waals surface area contributed by atoms with Crippen molar-refractivity contribution in [2.75, 3.05) is 24.7 Å². The highest BCUT2D eigenvalue weighted by atomic mass is 35.5. The molecular formula is C13H16ClNO8S2. The number of aliphatic hydroxyl groups excluding tert-OH is 2. The predicted octanol–water partition coefficient (Wildman–Crippen LogP) is -0.821. The zero-order chi connectivity index (χ0) is 19.0. The smallest absolute Gasteiger partial charge is 0.335 e. The molecule has 1 saturated heterocycles. The highest BCUT2D eigenvalue weighted by Crippen LogP contribution is 2.30. The number of nitrogens with zero attached hydrogens (tertiary/aromatic N) is 1. The molecule has 0 amide bonds. The number of benzene rings is 1. The second kappa shape index (κ2) is 7.17. The van der Waals surface area contributed by atoms with Crippen molar-refractivity contribution < 1.29 is 36.9 Å². The molecule has 1 aromatic rings. The molecule has 2 atom stereocenters. The summed E-state index contributed by atoms with van der Waals surface area (Å²) in [6.07, 6.45) is -1.47. The standard InChI is InChI=1S/C13H16ClNO8S2/c14-9-2-1-8(13(18)19)5-12(9)25(22,23)15(3-4-16)10-6-24(20,21)7-11(10)17/h1-2,5,10-11,16-17H,3-4,6-7H2,(H,18,19)/t10-,11-/m0/s1. The highest BCUT2D eigenvalue weighted by molar-refractivity contribution is 7.92. The number of carbonyl (C=O) groups is 1. The first-order valence-electron chi connectivity index (χ1n) is 7.03. The summed E-state index contributed by atoms with van der Waals surface area (Å²) in [7, 11) is -8.11. The van der Waals surface area contributed by atoms with Crippen LogP contribution in [0.25, 0.3) is 0 Å². The number of carboxylic acid groups (broad SMARTS) is 1. The summed E-state index contributed by atoms with van der Waals surface area (Å²) < 4.78 is 49.8. The van der Waals surface area contributed by atoms with Gasteiger partial charge in [0.15, 0.2) is 9.84 Å². The Labute approximate surface area is 149 Å². The van der Waals surface area contributed by atoms with Crippen LogP contribution in [0.5, 0.6) is 0 Å². The van der Waals surface area contributed by atoms with Crippen LogP contribution in [0.1, 0.15) is 10.4 Å². The van der Waals surface area contributed by atoms with E-state index in [1.807, 2.05) is 0 Å². The molecule has 12 heteroatoms. The van der Waals surface area contributed by atoms with Crippen LogP contribution >= 0.6 is 11.6 Å². The minimum absolute atomic E-state index is 0.261. The van der Waals surface area contributed by atoms with E-state index in [1.54, 1.807) is 0 Å². The van der Waals surface area contributed by atoms with Crippen LogP contribution in [0.15, 0.2) is 23.1 Å². The van der Waals surface area contributed by atoms with Crippen molar-refractivity contribution in [1.29, 1.82) is 0 Å². The summed E-state index contributed by atoms with van der Waals surface area (Å²) in [5.74, 6) is -2.58. The molecule has 0 spiro atoms. The highest BCUT2D eigenvalue weighted by Gasteiger charge is 2.45. The van der Waals surface area contributed by atoms with Gasteiger partial charge in [-0.15, -0.1) is 0 Å². The maximum Gasteiger partial charge on any atom is 0.335 e. The topological polar surface area (TPSA) is 149 Å². The van der Waals surface area contributed by atoms with Gasteiger partial charge < -0.3 is 15.3 Å². The van der Waals surface area contributed by atoms with Gasteiger partial charge >= 0.3 is 5.97 Å². The lowest BCUT2D eigenvalue weighted by atomic mass is 10.2. The lowest BCUT2D eigenvalue weighted by Crippen LogP contribution is -2.48. The fourth-order valence-electron chi connectivity index (χ4n) is 2.61. The van der Waals surface area contributed by atoms with Crippen LogP contribution in [0.2, 0.25) is 5.02 Å². The molecule has 0 unspecified atom stereocenters. The predicted molar refractivity (Wildman–Crippen MR) is 87.8 cm³/mol. The van der Waals surface area contributed by atoms with Crippen molar-refractivity contribution in [2.45, 2.75) is 17.0 Å². The number of rotatable bonds is 6. The molecule has 0 radical (unpaired) electrons.